The molecule has 0 radical (unpaired) electrons. The van der Waals surface area contributed by atoms with Gasteiger partial charge in [0.1, 0.15) is 0 Å². The van der Waals surface area contributed by atoms with Crippen molar-refractivity contribution >= 4 is 12.0 Å². The summed E-state index contributed by atoms with van der Waals surface area (Å²) in [6, 6.07) is 13.9. The van der Waals surface area contributed by atoms with E-state index in [0.717, 1.165) is 5.56 Å². The largest absolute Gasteiger partial charge is 0.298 e. The lowest BCUT2D eigenvalue weighted by molar-refractivity contribution is -0.385. The minimum atomic E-state index is -0.453. The summed E-state index contributed by atoms with van der Waals surface area (Å²) in [5.74, 6) is 0. The van der Waals surface area contributed by atoms with E-state index in [2.05, 4.69) is 0 Å². The maximum Gasteiger partial charge on any atom is 0.273 e. The van der Waals surface area contributed by atoms with Crippen LogP contribution in [-0.2, 0) is 6.42 Å². The molecule has 0 aliphatic rings. The Morgan fingerprint density at radius 3 is 2.39 bits per heavy atom. The highest BCUT2D eigenvalue weighted by Crippen LogP contribution is 2.24. The van der Waals surface area contributed by atoms with Crippen LogP contribution in [0.25, 0.3) is 0 Å². The minimum absolute atomic E-state index is 0.0107. The fourth-order valence-corrected chi connectivity index (χ4v) is 1.87. The van der Waals surface area contributed by atoms with Crippen molar-refractivity contribution in [2.75, 3.05) is 0 Å². The van der Waals surface area contributed by atoms with Gasteiger partial charge in [-0.1, -0.05) is 42.5 Å². The Kier molecular flexibility index (Phi) is 3.48. The molecule has 0 saturated heterocycles. The van der Waals surface area contributed by atoms with Crippen molar-refractivity contribution in [3.8, 4) is 0 Å². The maximum atomic E-state index is 11.0. The summed E-state index contributed by atoms with van der Waals surface area (Å²) in [6.45, 7) is 0. The zero-order valence-corrected chi connectivity index (χ0v) is 9.58. The van der Waals surface area contributed by atoms with Gasteiger partial charge in [-0.15, -0.1) is 0 Å². The van der Waals surface area contributed by atoms with Crippen LogP contribution in [0, 0.1) is 10.1 Å². The molecular formula is C14H11NO3. The number of nitro benzene ring substituents is 1. The summed E-state index contributed by atoms with van der Waals surface area (Å²) < 4.78 is 0. The van der Waals surface area contributed by atoms with Crippen molar-refractivity contribution in [2.45, 2.75) is 6.42 Å². The Labute approximate surface area is 104 Å². The van der Waals surface area contributed by atoms with Gasteiger partial charge in [-0.05, 0) is 5.56 Å². The number of carbonyl (C=O) groups is 1. The van der Waals surface area contributed by atoms with Gasteiger partial charge in [-0.2, -0.15) is 0 Å². The summed E-state index contributed by atoms with van der Waals surface area (Å²) >= 11 is 0. The van der Waals surface area contributed by atoms with Gasteiger partial charge in [0.05, 0.1) is 4.92 Å². The first-order chi connectivity index (χ1) is 8.72. The lowest BCUT2D eigenvalue weighted by Crippen LogP contribution is -2.01. The Hall–Kier alpha value is -2.49. The molecule has 0 unspecified atom stereocenters. The van der Waals surface area contributed by atoms with E-state index in [1.807, 2.05) is 30.3 Å². The van der Waals surface area contributed by atoms with E-state index in [0.29, 0.717) is 23.8 Å². The summed E-state index contributed by atoms with van der Waals surface area (Å²) in [4.78, 5) is 21.5. The van der Waals surface area contributed by atoms with Crippen LogP contribution in [0.15, 0.2) is 48.5 Å². The average molecular weight is 241 g/mol. The predicted octanol–water partition coefficient (Wildman–Crippen LogP) is 3.00. The van der Waals surface area contributed by atoms with Gasteiger partial charge < -0.3 is 0 Å². The topological polar surface area (TPSA) is 60.2 Å². The van der Waals surface area contributed by atoms with Crippen LogP contribution in [0.4, 0.5) is 5.69 Å². The minimum Gasteiger partial charge on any atom is -0.298 e. The zero-order valence-electron chi connectivity index (χ0n) is 9.58. The van der Waals surface area contributed by atoms with E-state index in [-0.39, 0.29) is 5.69 Å². The van der Waals surface area contributed by atoms with E-state index in [1.165, 1.54) is 12.1 Å². The van der Waals surface area contributed by atoms with Gasteiger partial charge in [0, 0.05) is 23.6 Å². The van der Waals surface area contributed by atoms with Crippen LogP contribution >= 0.6 is 0 Å². The van der Waals surface area contributed by atoms with Crippen molar-refractivity contribution < 1.29 is 9.72 Å². The number of hydrogen-bond acceptors (Lipinski definition) is 3. The summed E-state index contributed by atoms with van der Waals surface area (Å²) in [6.07, 6.45) is 1.04. The van der Waals surface area contributed by atoms with Crippen LogP contribution in [-0.4, -0.2) is 11.2 Å². The predicted molar refractivity (Wildman–Crippen MR) is 67.7 cm³/mol. The standard InChI is InChI=1S/C14H11NO3/c16-10-12-7-4-8-14(15(17)18)13(12)9-11-5-2-1-3-6-11/h1-8,10H,9H2. The maximum absolute atomic E-state index is 11.0. The number of carbonyl (C=O) groups excluding carboxylic acids is 1. The number of benzene rings is 2. The third-order valence-corrected chi connectivity index (χ3v) is 2.73. The van der Waals surface area contributed by atoms with Gasteiger partial charge in [-0.3, -0.25) is 14.9 Å². The monoisotopic (exact) mass is 241 g/mol. The molecule has 2 aromatic carbocycles. The van der Waals surface area contributed by atoms with Crippen molar-refractivity contribution in [3.63, 3.8) is 0 Å². The number of hydrogen-bond donors (Lipinski definition) is 0. The second-order valence-corrected chi connectivity index (χ2v) is 3.88. The molecule has 0 N–H and O–H groups in total. The van der Waals surface area contributed by atoms with E-state index < -0.39 is 4.92 Å². The number of nitro groups is 1. The van der Waals surface area contributed by atoms with Gasteiger partial charge in [0.25, 0.3) is 5.69 Å². The molecule has 0 spiro atoms. The Morgan fingerprint density at radius 2 is 1.78 bits per heavy atom. The normalized spacial score (nSPS) is 10.0. The van der Waals surface area contributed by atoms with Crippen LogP contribution in [0.3, 0.4) is 0 Å². The Morgan fingerprint density at radius 1 is 1.06 bits per heavy atom. The fraction of sp³-hybridized carbons (Fsp3) is 0.0714. The lowest BCUT2D eigenvalue weighted by Gasteiger charge is -2.06. The molecule has 2 rings (SSSR count). The molecule has 0 aliphatic heterocycles. The first-order valence-corrected chi connectivity index (χ1v) is 5.47. The molecule has 0 heterocycles. The van der Waals surface area contributed by atoms with Gasteiger partial charge >= 0.3 is 0 Å². The molecule has 0 aromatic heterocycles. The molecular weight excluding hydrogens is 230 g/mol. The SMILES string of the molecule is O=Cc1cccc([N+](=O)[O-])c1Cc1ccccc1. The quantitative estimate of drug-likeness (QED) is 0.469. The highest BCUT2D eigenvalue weighted by Gasteiger charge is 2.17. The molecule has 0 atom stereocenters. The van der Waals surface area contributed by atoms with Crippen LogP contribution < -0.4 is 0 Å². The molecule has 0 fully saturated rings. The smallest absolute Gasteiger partial charge is 0.273 e. The van der Waals surface area contributed by atoms with E-state index in [9.17, 15) is 14.9 Å². The zero-order chi connectivity index (χ0) is 13.0. The van der Waals surface area contributed by atoms with Gasteiger partial charge in [-0.25, -0.2) is 0 Å². The first kappa shape index (κ1) is 12.0. The summed E-state index contributed by atoms with van der Waals surface area (Å²) in [7, 11) is 0. The highest BCUT2D eigenvalue weighted by atomic mass is 16.6. The van der Waals surface area contributed by atoms with Crippen LogP contribution in [0.2, 0.25) is 0 Å². The molecule has 0 bridgehead atoms. The molecule has 2 aromatic rings. The highest BCUT2D eigenvalue weighted by molar-refractivity contribution is 5.79. The second kappa shape index (κ2) is 5.23. The third kappa shape index (κ3) is 2.43. The molecule has 0 amide bonds. The van der Waals surface area contributed by atoms with Crippen molar-refractivity contribution in [1.29, 1.82) is 0 Å². The molecule has 4 heteroatoms. The lowest BCUT2D eigenvalue weighted by atomic mass is 9.98. The average Bonchev–Trinajstić information content (AvgIpc) is 2.40. The molecule has 18 heavy (non-hydrogen) atoms. The Bertz CT molecular complexity index is 579. The Balaban J connectivity index is 2.48. The van der Waals surface area contributed by atoms with E-state index in [1.54, 1.807) is 6.07 Å². The number of rotatable bonds is 4. The first-order valence-electron chi connectivity index (χ1n) is 5.47. The number of nitrogens with zero attached hydrogens (tertiary/aromatic N) is 1. The van der Waals surface area contributed by atoms with Gasteiger partial charge in [0.2, 0.25) is 0 Å². The van der Waals surface area contributed by atoms with Crippen molar-refractivity contribution in [1.82, 2.24) is 0 Å². The fourth-order valence-electron chi connectivity index (χ4n) is 1.87. The van der Waals surface area contributed by atoms with Crippen molar-refractivity contribution in [3.05, 3.63) is 75.3 Å². The van der Waals surface area contributed by atoms with Crippen molar-refractivity contribution in [2.24, 2.45) is 0 Å². The molecule has 0 saturated carbocycles. The molecule has 4 nitrogen and oxygen atoms in total. The summed E-state index contributed by atoms with van der Waals surface area (Å²) in [5, 5.41) is 11.0. The van der Waals surface area contributed by atoms with Crippen LogP contribution in [0.1, 0.15) is 21.5 Å². The molecule has 0 aliphatic carbocycles. The second-order valence-electron chi connectivity index (χ2n) is 3.88. The van der Waals surface area contributed by atoms with Crippen LogP contribution in [0.5, 0.6) is 0 Å². The number of aldehydes is 1. The van der Waals surface area contributed by atoms with Gasteiger partial charge in [0.15, 0.2) is 6.29 Å². The summed E-state index contributed by atoms with van der Waals surface area (Å²) in [5.41, 5.74) is 1.76. The van der Waals surface area contributed by atoms with E-state index in [4.69, 9.17) is 0 Å². The molecule has 90 valence electrons. The third-order valence-electron chi connectivity index (χ3n) is 2.73. The van der Waals surface area contributed by atoms with E-state index >= 15 is 0 Å².